The van der Waals surface area contributed by atoms with Gasteiger partial charge < -0.3 is 10.6 Å². The summed E-state index contributed by atoms with van der Waals surface area (Å²) in [6.07, 6.45) is 0. The van der Waals surface area contributed by atoms with Crippen LogP contribution in [-0.4, -0.2) is 22.9 Å². The minimum absolute atomic E-state index is 0.0246. The number of nitrogens with one attached hydrogen (secondary N) is 2. The molecule has 5 heteroatoms. The van der Waals surface area contributed by atoms with E-state index in [1.807, 2.05) is 38.1 Å². The second kappa shape index (κ2) is 5.77. The summed E-state index contributed by atoms with van der Waals surface area (Å²) in [5.74, 6) is 0.388. The molecule has 1 aliphatic heterocycles. The van der Waals surface area contributed by atoms with E-state index in [1.54, 1.807) is 0 Å². The predicted octanol–water partition coefficient (Wildman–Crippen LogP) is 3.51. The maximum atomic E-state index is 11.7. The first-order chi connectivity index (χ1) is 10.1. The molecule has 108 valence electrons. The Bertz CT molecular complexity index is 719. The third kappa shape index (κ3) is 3.03. The van der Waals surface area contributed by atoms with Gasteiger partial charge in [-0.15, -0.1) is 0 Å². The molecule has 0 unspecified atom stereocenters. The summed E-state index contributed by atoms with van der Waals surface area (Å²) < 4.78 is 0. The second-order valence-electron chi connectivity index (χ2n) is 5.23. The molecule has 0 spiro atoms. The highest BCUT2D eigenvalue weighted by Gasteiger charge is 2.15. The smallest absolute Gasteiger partial charge is 0.230 e. The molecule has 2 aromatic carbocycles. The number of amides is 1. The van der Waals surface area contributed by atoms with E-state index in [9.17, 15) is 4.79 Å². The number of rotatable bonds is 3. The van der Waals surface area contributed by atoms with Gasteiger partial charge in [0.05, 0.1) is 17.1 Å². The lowest BCUT2D eigenvalue weighted by atomic mass is 10.1. The van der Waals surface area contributed by atoms with E-state index in [4.69, 9.17) is 0 Å². The van der Waals surface area contributed by atoms with Crippen LogP contribution in [0.25, 0.3) is 10.8 Å². The fourth-order valence-electron chi connectivity index (χ4n) is 2.34. The molecule has 21 heavy (non-hydrogen) atoms. The Morgan fingerprint density at radius 2 is 2.05 bits per heavy atom. The Morgan fingerprint density at radius 3 is 2.81 bits per heavy atom. The monoisotopic (exact) mass is 299 g/mol. The number of aliphatic imine (C=N–C) groups is 1. The summed E-state index contributed by atoms with van der Waals surface area (Å²) in [6.45, 7) is 3.91. The molecule has 0 bridgehead atoms. The fourth-order valence-corrected chi connectivity index (χ4v) is 3.03. The van der Waals surface area contributed by atoms with Crippen molar-refractivity contribution in [2.45, 2.75) is 19.9 Å². The number of hydrogen-bond acceptors (Lipinski definition) is 4. The first-order valence-electron chi connectivity index (χ1n) is 6.93. The number of amidine groups is 1. The molecule has 0 saturated carbocycles. The predicted molar refractivity (Wildman–Crippen MR) is 90.4 cm³/mol. The van der Waals surface area contributed by atoms with Crippen molar-refractivity contribution in [3.63, 3.8) is 0 Å². The maximum Gasteiger partial charge on any atom is 0.230 e. The lowest BCUT2D eigenvalue weighted by molar-refractivity contribution is -0.119. The molecule has 2 aromatic rings. The highest BCUT2D eigenvalue weighted by molar-refractivity contribution is 8.14. The summed E-state index contributed by atoms with van der Waals surface area (Å²) in [4.78, 5) is 16.3. The number of benzene rings is 2. The summed E-state index contributed by atoms with van der Waals surface area (Å²) in [7, 11) is 0. The number of carbonyl (C=O) groups is 1. The van der Waals surface area contributed by atoms with Crippen LogP contribution in [0.3, 0.4) is 0 Å². The number of nitrogens with zero attached hydrogens (tertiary/aromatic N) is 1. The summed E-state index contributed by atoms with van der Waals surface area (Å²) in [5.41, 5.74) is 2.00. The van der Waals surface area contributed by atoms with Crippen molar-refractivity contribution in [3.05, 3.63) is 36.4 Å². The molecule has 3 rings (SSSR count). The minimum Gasteiger partial charge on any atom is -0.353 e. The van der Waals surface area contributed by atoms with Gasteiger partial charge in [0, 0.05) is 11.4 Å². The van der Waals surface area contributed by atoms with Crippen molar-refractivity contribution in [2.75, 3.05) is 11.1 Å². The van der Waals surface area contributed by atoms with Crippen LogP contribution in [0.2, 0.25) is 0 Å². The van der Waals surface area contributed by atoms with E-state index in [2.05, 4.69) is 27.8 Å². The zero-order valence-corrected chi connectivity index (χ0v) is 12.8. The Hall–Kier alpha value is -2.01. The summed E-state index contributed by atoms with van der Waals surface area (Å²) in [6, 6.07) is 12.4. The van der Waals surface area contributed by atoms with Gasteiger partial charge in [0.2, 0.25) is 5.91 Å². The SMILES string of the molecule is CC(C)NC(=O)CSC1=Nc2cccc3cccc(c23)N1. The van der Waals surface area contributed by atoms with Gasteiger partial charge in [-0.3, -0.25) is 4.79 Å². The molecule has 1 amide bonds. The van der Waals surface area contributed by atoms with Gasteiger partial charge in [-0.05, 0) is 31.4 Å². The van der Waals surface area contributed by atoms with E-state index in [1.165, 1.54) is 17.1 Å². The van der Waals surface area contributed by atoms with Gasteiger partial charge in [-0.1, -0.05) is 36.0 Å². The normalized spacial score (nSPS) is 13.0. The van der Waals surface area contributed by atoms with E-state index in [-0.39, 0.29) is 11.9 Å². The second-order valence-corrected chi connectivity index (χ2v) is 6.20. The number of carbonyl (C=O) groups excluding carboxylic acids is 1. The van der Waals surface area contributed by atoms with E-state index in [0.29, 0.717) is 5.75 Å². The fraction of sp³-hybridized carbons (Fsp3) is 0.250. The standard InChI is InChI=1S/C16H17N3OS/c1-10(2)17-14(20)9-21-16-18-12-7-3-5-11-6-4-8-13(19-16)15(11)12/h3-8,10H,9H2,1-2H3,(H,17,20)(H,18,19). The molecule has 0 radical (unpaired) electrons. The number of hydrogen-bond donors (Lipinski definition) is 2. The van der Waals surface area contributed by atoms with Gasteiger partial charge >= 0.3 is 0 Å². The number of anilines is 1. The van der Waals surface area contributed by atoms with Crippen LogP contribution >= 0.6 is 11.8 Å². The molecule has 1 heterocycles. The maximum absolute atomic E-state index is 11.7. The molecule has 0 atom stereocenters. The van der Waals surface area contributed by atoms with Crippen LogP contribution in [0.4, 0.5) is 11.4 Å². The van der Waals surface area contributed by atoms with Crippen LogP contribution in [0.15, 0.2) is 41.4 Å². The zero-order valence-electron chi connectivity index (χ0n) is 12.0. The Kier molecular flexibility index (Phi) is 3.84. The van der Waals surface area contributed by atoms with Crippen molar-refractivity contribution < 1.29 is 4.79 Å². The zero-order chi connectivity index (χ0) is 14.8. The van der Waals surface area contributed by atoms with Crippen LogP contribution in [0, 0.1) is 0 Å². The van der Waals surface area contributed by atoms with E-state index in [0.717, 1.165) is 21.9 Å². The van der Waals surface area contributed by atoms with Gasteiger partial charge in [-0.2, -0.15) is 0 Å². The van der Waals surface area contributed by atoms with Crippen LogP contribution < -0.4 is 10.6 Å². The average Bonchev–Trinajstić information content (AvgIpc) is 2.45. The van der Waals surface area contributed by atoms with Crippen molar-refractivity contribution in [3.8, 4) is 0 Å². The van der Waals surface area contributed by atoms with Crippen molar-refractivity contribution in [1.82, 2.24) is 5.32 Å². The van der Waals surface area contributed by atoms with Crippen LogP contribution in [0.5, 0.6) is 0 Å². The van der Waals surface area contributed by atoms with Crippen molar-refractivity contribution in [1.29, 1.82) is 0 Å². The molecular weight excluding hydrogens is 282 g/mol. The average molecular weight is 299 g/mol. The number of thioether (sulfide) groups is 1. The highest BCUT2D eigenvalue weighted by Crippen LogP contribution is 2.36. The molecule has 0 saturated heterocycles. The van der Waals surface area contributed by atoms with Gasteiger partial charge in [0.15, 0.2) is 5.17 Å². The molecule has 1 aliphatic rings. The molecule has 4 nitrogen and oxygen atoms in total. The quantitative estimate of drug-likeness (QED) is 0.912. The largest absolute Gasteiger partial charge is 0.353 e. The molecule has 0 fully saturated rings. The summed E-state index contributed by atoms with van der Waals surface area (Å²) >= 11 is 1.42. The Balaban J connectivity index is 1.79. The van der Waals surface area contributed by atoms with E-state index < -0.39 is 0 Å². The third-order valence-electron chi connectivity index (χ3n) is 3.14. The van der Waals surface area contributed by atoms with Gasteiger partial charge in [0.25, 0.3) is 0 Å². The van der Waals surface area contributed by atoms with E-state index >= 15 is 0 Å². The Labute approximate surface area is 128 Å². The topological polar surface area (TPSA) is 53.5 Å². The Morgan fingerprint density at radius 1 is 1.29 bits per heavy atom. The van der Waals surface area contributed by atoms with Gasteiger partial charge in [-0.25, -0.2) is 4.99 Å². The lowest BCUT2D eigenvalue weighted by Gasteiger charge is -2.18. The molecule has 0 aliphatic carbocycles. The van der Waals surface area contributed by atoms with Gasteiger partial charge in [0.1, 0.15) is 0 Å². The van der Waals surface area contributed by atoms with Crippen LogP contribution in [-0.2, 0) is 4.79 Å². The minimum atomic E-state index is 0.0246. The van der Waals surface area contributed by atoms with Crippen LogP contribution in [0.1, 0.15) is 13.8 Å². The first kappa shape index (κ1) is 13.9. The van der Waals surface area contributed by atoms with Crippen molar-refractivity contribution in [2.24, 2.45) is 4.99 Å². The molecule has 0 aromatic heterocycles. The highest BCUT2D eigenvalue weighted by atomic mass is 32.2. The molecule has 2 N–H and O–H groups in total. The molecular formula is C16H17N3OS. The van der Waals surface area contributed by atoms with Crippen molar-refractivity contribution >= 4 is 45.0 Å². The third-order valence-corrected chi connectivity index (χ3v) is 4.01. The lowest BCUT2D eigenvalue weighted by Crippen LogP contribution is -2.32. The first-order valence-corrected chi connectivity index (χ1v) is 7.91. The summed E-state index contributed by atoms with van der Waals surface area (Å²) in [5, 5.41) is 9.25.